The highest BCUT2D eigenvalue weighted by atomic mass is 32.2. The third kappa shape index (κ3) is 4.21. The van der Waals surface area contributed by atoms with E-state index in [4.69, 9.17) is 0 Å². The molecule has 0 aliphatic heterocycles. The van der Waals surface area contributed by atoms with Gasteiger partial charge in [0.25, 0.3) is 20.3 Å². The van der Waals surface area contributed by atoms with Crippen LogP contribution in [0.4, 0.5) is 15.2 Å². The van der Waals surface area contributed by atoms with Crippen LogP contribution in [0.2, 0.25) is 0 Å². The summed E-state index contributed by atoms with van der Waals surface area (Å²) in [7, 11) is -4.04. The van der Waals surface area contributed by atoms with E-state index in [2.05, 4.69) is 20.2 Å². The van der Waals surface area contributed by atoms with E-state index in [0.717, 1.165) is 11.6 Å². The first kappa shape index (κ1) is 18.0. The van der Waals surface area contributed by atoms with Crippen LogP contribution in [0.3, 0.4) is 0 Å². The minimum absolute atomic E-state index is 0.0381. The highest BCUT2D eigenvalue weighted by Gasteiger charge is 2.21. The van der Waals surface area contributed by atoms with Crippen LogP contribution in [0.15, 0.2) is 52.9 Å². The van der Waals surface area contributed by atoms with Crippen molar-refractivity contribution in [2.24, 2.45) is 0 Å². The molecule has 1 amide bonds. The molecule has 0 saturated carbocycles. The minimum Gasteiger partial charge on any atom is -0.296 e. The molecule has 0 unspecified atom stereocenters. The molecule has 2 aromatic carbocycles. The Morgan fingerprint density at radius 3 is 2.62 bits per heavy atom. The Hall–Kier alpha value is -2.85. The highest BCUT2D eigenvalue weighted by molar-refractivity contribution is 7.94. The summed E-state index contributed by atoms with van der Waals surface area (Å²) in [4.78, 5) is 12.2. The molecule has 3 aromatic rings. The molecule has 0 spiro atoms. The second kappa shape index (κ2) is 7.18. The molecule has 26 heavy (non-hydrogen) atoms. The number of anilines is 2. The van der Waals surface area contributed by atoms with Crippen LogP contribution < -0.4 is 10.0 Å². The van der Waals surface area contributed by atoms with Crippen molar-refractivity contribution in [3.8, 4) is 0 Å². The number of nitrogens with one attached hydrogen (secondary N) is 2. The molecule has 0 saturated heterocycles. The molecule has 0 fully saturated rings. The van der Waals surface area contributed by atoms with Gasteiger partial charge in [-0.15, -0.1) is 10.2 Å². The van der Waals surface area contributed by atoms with Gasteiger partial charge in [-0.2, -0.15) is 8.42 Å². The molecular formula is C16H13FN4O3S2. The van der Waals surface area contributed by atoms with Gasteiger partial charge in [0.1, 0.15) is 5.82 Å². The van der Waals surface area contributed by atoms with Gasteiger partial charge < -0.3 is 0 Å². The largest absolute Gasteiger partial charge is 0.296 e. The number of benzene rings is 2. The molecule has 1 aromatic heterocycles. The molecule has 2 N–H and O–H groups in total. The molecule has 1 heterocycles. The fourth-order valence-corrected chi connectivity index (χ4v) is 4.02. The quantitative estimate of drug-likeness (QED) is 0.650. The number of carbonyl (C=O) groups is 1. The molecule has 0 atom stereocenters. The summed E-state index contributed by atoms with van der Waals surface area (Å²) in [5.41, 5.74) is 1.39. The third-order valence-electron chi connectivity index (χ3n) is 3.21. The van der Waals surface area contributed by atoms with Crippen molar-refractivity contribution < 1.29 is 17.6 Å². The number of carbonyl (C=O) groups excluding carboxylic acids is 1. The molecule has 0 aliphatic rings. The van der Waals surface area contributed by atoms with E-state index in [1.165, 1.54) is 18.2 Å². The zero-order valence-electron chi connectivity index (χ0n) is 13.4. The van der Waals surface area contributed by atoms with E-state index in [1.807, 2.05) is 13.0 Å². The number of hydrogen-bond acceptors (Lipinski definition) is 6. The molecule has 0 radical (unpaired) electrons. The molecule has 10 heteroatoms. The molecule has 134 valence electrons. The maximum absolute atomic E-state index is 13.2. The van der Waals surface area contributed by atoms with Gasteiger partial charge >= 0.3 is 0 Å². The maximum Gasteiger partial charge on any atom is 0.291 e. The number of aryl methyl sites for hydroxylation is 1. The van der Waals surface area contributed by atoms with Gasteiger partial charge in [-0.05, 0) is 37.3 Å². The van der Waals surface area contributed by atoms with E-state index >= 15 is 0 Å². The van der Waals surface area contributed by atoms with Crippen LogP contribution in [-0.4, -0.2) is 24.5 Å². The first-order chi connectivity index (χ1) is 12.3. The minimum atomic E-state index is -4.04. The first-order valence-electron chi connectivity index (χ1n) is 7.33. The molecule has 3 rings (SSSR count). The van der Waals surface area contributed by atoms with Crippen LogP contribution in [0, 0.1) is 12.7 Å². The number of amides is 1. The third-order valence-corrected chi connectivity index (χ3v) is 5.80. The molecule has 7 nitrogen and oxygen atoms in total. The second-order valence-corrected chi connectivity index (χ2v) is 8.15. The van der Waals surface area contributed by atoms with Gasteiger partial charge in [0, 0.05) is 5.56 Å². The average molecular weight is 392 g/mol. The Balaban J connectivity index is 1.75. The van der Waals surface area contributed by atoms with E-state index in [9.17, 15) is 17.6 Å². The lowest BCUT2D eigenvalue weighted by molar-refractivity contribution is 0.102. The highest BCUT2D eigenvalue weighted by Crippen LogP contribution is 2.23. The summed E-state index contributed by atoms with van der Waals surface area (Å²) >= 11 is 0.692. The number of rotatable bonds is 5. The standard InChI is InChI=1S/C16H13FN4O3S2/c1-10-4-2-5-11(8-10)14(22)18-15-19-20-16(25-15)26(23,24)21-13-7-3-6-12(17)9-13/h2-9,21H,1H3,(H,18,19,22). The lowest BCUT2D eigenvalue weighted by Gasteiger charge is -2.04. The zero-order chi connectivity index (χ0) is 18.7. The summed E-state index contributed by atoms with van der Waals surface area (Å²) in [5.74, 6) is -1.000. The fourth-order valence-electron chi connectivity index (χ4n) is 2.08. The van der Waals surface area contributed by atoms with Crippen LogP contribution in [0.25, 0.3) is 0 Å². The lowest BCUT2D eigenvalue weighted by atomic mass is 10.1. The van der Waals surface area contributed by atoms with E-state index in [-0.39, 0.29) is 15.2 Å². The number of aromatic nitrogens is 2. The van der Waals surface area contributed by atoms with E-state index < -0.39 is 21.7 Å². The van der Waals surface area contributed by atoms with Crippen molar-refractivity contribution >= 4 is 38.1 Å². The van der Waals surface area contributed by atoms with Gasteiger partial charge in [0.2, 0.25) is 5.13 Å². The Labute approximate surface area is 153 Å². The number of hydrogen-bond donors (Lipinski definition) is 2. The van der Waals surface area contributed by atoms with Crippen LogP contribution in [0.1, 0.15) is 15.9 Å². The van der Waals surface area contributed by atoms with Crippen LogP contribution in [0.5, 0.6) is 0 Å². The fraction of sp³-hybridized carbons (Fsp3) is 0.0625. The van der Waals surface area contributed by atoms with Crippen LogP contribution in [-0.2, 0) is 10.0 Å². The first-order valence-corrected chi connectivity index (χ1v) is 9.63. The number of halogens is 1. The van der Waals surface area contributed by atoms with Gasteiger partial charge in [0.05, 0.1) is 5.69 Å². The van der Waals surface area contributed by atoms with Crippen molar-refractivity contribution in [3.63, 3.8) is 0 Å². The normalized spacial score (nSPS) is 11.2. The predicted octanol–water partition coefficient (Wildman–Crippen LogP) is 3.04. The Morgan fingerprint density at radius 1 is 1.12 bits per heavy atom. The SMILES string of the molecule is Cc1cccc(C(=O)Nc2nnc(S(=O)(=O)Nc3cccc(F)c3)s2)c1. The molecule has 0 bridgehead atoms. The van der Waals surface area contributed by atoms with Gasteiger partial charge in [-0.3, -0.25) is 14.8 Å². The monoisotopic (exact) mass is 392 g/mol. The van der Waals surface area contributed by atoms with Crippen molar-refractivity contribution in [2.75, 3.05) is 10.0 Å². The average Bonchev–Trinajstić information content (AvgIpc) is 3.04. The number of nitrogens with zero attached hydrogens (tertiary/aromatic N) is 2. The van der Waals surface area contributed by atoms with Gasteiger partial charge in [-0.25, -0.2) is 4.39 Å². The number of sulfonamides is 1. The van der Waals surface area contributed by atoms with Crippen LogP contribution >= 0.6 is 11.3 Å². The Morgan fingerprint density at radius 2 is 1.88 bits per heavy atom. The van der Waals surface area contributed by atoms with Gasteiger partial charge in [0.15, 0.2) is 0 Å². The predicted molar refractivity (Wildman–Crippen MR) is 96.2 cm³/mol. The lowest BCUT2D eigenvalue weighted by Crippen LogP contribution is -2.12. The molecular weight excluding hydrogens is 379 g/mol. The topological polar surface area (TPSA) is 101 Å². The maximum atomic E-state index is 13.2. The Bertz CT molecular complexity index is 1070. The van der Waals surface area contributed by atoms with Crippen molar-refractivity contribution in [3.05, 3.63) is 65.5 Å². The smallest absolute Gasteiger partial charge is 0.291 e. The van der Waals surface area contributed by atoms with Crippen molar-refractivity contribution in [1.82, 2.24) is 10.2 Å². The molecule has 0 aliphatic carbocycles. The summed E-state index contributed by atoms with van der Waals surface area (Å²) < 4.78 is 39.6. The Kier molecular flexibility index (Phi) is 4.96. The van der Waals surface area contributed by atoms with Crippen molar-refractivity contribution in [1.29, 1.82) is 0 Å². The second-order valence-electron chi connectivity index (χ2n) is 5.31. The van der Waals surface area contributed by atoms with Gasteiger partial charge in [-0.1, -0.05) is 35.1 Å². The summed E-state index contributed by atoms with van der Waals surface area (Å²) in [6.45, 7) is 1.85. The summed E-state index contributed by atoms with van der Waals surface area (Å²) in [5, 5.41) is 9.80. The summed E-state index contributed by atoms with van der Waals surface area (Å²) in [6.07, 6.45) is 0. The zero-order valence-corrected chi connectivity index (χ0v) is 15.1. The van der Waals surface area contributed by atoms with E-state index in [0.29, 0.717) is 16.9 Å². The van der Waals surface area contributed by atoms with Crippen molar-refractivity contribution in [2.45, 2.75) is 11.3 Å². The summed E-state index contributed by atoms with van der Waals surface area (Å²) in [6, 6.07) is 11.9. The van der Waals surface area contributed by atoms with E-state index in [1.54, 1.807) is 18.2 Å².